The molecule has 0 aromatic carbocycles. The molecule has 0 saturated carbocycles. The molecule has 118 valence electrons. The minimum Gasteiger partial charge on any atom is -0.260 e. The second-order valence-electron chi connectivity index (χ2n) is 5.47. The molecule has 4 nitrogen and oxygen atoms in total. The molecule has 0 atom stereocenters. The van der Waals surface area contributed by atoms with Gasteiger partial charge in [0.25, 0.3) is 0 Å². The summed E-state index contributed by atoms with van der Waals surface area (Å²) < 4.78 is 0. The van der Waals surface area contributed by atoms with Crippen molar-refractivity contribution in [2.75, 3.05) is 6.54 Å². The Bertz CT molecular complexity index is 460. The molecular formula is C18H26N4. The quantitative estimate of drug-likeness (QED) is 0.538. The van der Waals surface area contributed by atoms with Crippen molar-refractivity contribution in [3.8, 4) is 0 Å². The lowest BCUT2D eigenvalue weighted by Gasteiger charge is -2.22. The van der Waals surface area contributed by atoms with Crippen LogP contribution in [-0.4, -0.2) is 21.5 Å². The Morgan fingerprint density at radius 1 is 0.864 bits per heavy atom. The van der Waals surface area contributed by atoms with Gasteiger partial charge in [-0.15, -0.1) is 0 Å². The molecule has 0 aliphatic heterocycles. The maximum absolute atomic E-state index is 4.42. The molecular weight excluding hydrogens is 272 g/mol. The molecule has 0 unspecified atom stereocenters. The first kappa shape index (κ1) is 16.6. The Labute approximate surface area is 133 Å². The smallest absolute Gasteiger partial charge is 0.0559 e. The van der Waals surface area contributed by atoms with Crippen LogP contribution in [0.3, 0.4) is 0 Å². The fourth-order valence-corrected chi connectivity index (χ4v) is 2.33. The van der Waals surface area contributed by atoms with E-state index in [1.807, 2.05) is 36.7 Å². The summed E-state index contributed by atoms with van der Waals surface area (Å²) >= 11 is 0. The van der Waals surface area contributed by atoms with Crippen LogP contribution in [0.5, 0.6) is 0 Å². The van der Waals surface area contributed by atoms with E-state index in [9.17, 15) is 0 Å². The van der Waals surface area contributed by atoms with Gasteiger partial charge in [0.15, 0.2) is 0 Å². The molecule has 1 N–H and O–H groups in total. The minimum atomic E-state index is 0.783. The largest absolute Gasteiger partial charge is 0.260 e. The lowest BCUT2D eigenvalue weighted by atomic mass is 10.2. The van der Waals surface area contributed by atoms with Gasteiger partial charge in [-0.2, -0.15) is 0 Å². The number of nitrogens with zero attached hydrogens (tertiary/aromatic N) is 3. The van der Waals surface area contributed by atoms with Gasteiger partial charge in [-0.05, 0) is 30.7 Å². The van der Waals surface area contributed by atoms with Gasteiger partial charge in [-0.25, -0.2) is 5.01 Å². The van der Waals surface area contributed by atoms with Gasteiger partial charge in [0.2, 0.25) is 0 Å². The first-order valence-electron chi connectivity index (χ1n) is 8.16. The van der Waals surface area contributed by atoms with Crippen molar-refractivity contribution in [2.24, 2.45) is 0 Å². The topological polar surface area (TPSA) is 41.0 Å². The number of hydrazine groups is 1. The van der Waals surface area contributed by atoms with Gasteiger partial charge in [-0.1, -0.05) is 38.3 Å². The molecule has 0 aliphatic rings. The lowest BCUT2D eigenvalue weighted by molar-refractivity contribution is 0.163. The van der Waals surface area contributed by atoms with Crippen LogP contribution in [0.25, 0.3) is 0 Å². The molecule has 2 heterocycles. The van der Waals surface area contributed by atoms with Crippen LogP contribution >= 0.6 is 0 Å². The average Bonchev–Trinajstić information content (AvgIpc) is 2.56. The van der Waals surface area contributed by atoms with Gasteiger partial charge in [0.05, 0.1) is 24.5 Å². The summed E-state index contributed by atoms with van der Waals surface area (Å²) in [4.78, 5) is 8.83. The maximum atomic E-state index is 4.42. The number of rotatable bonds is 10. The van der Waals surface area contributed by atoms with Crippen LogP contribution in [0.15, 0.2) is 48.8 Å². The average molecular weight is 298 g/mol. The highest BCUT2D eigenvalue weighted by molar-refractivity contribution is 5.05. The van der Waals surface area contributed by atoms with Crippen LogP contribution < -0.4 is 5.43 Å². The SMILES string of the molecule is CCCCCCNN(Cc1ccccn1)Cc1ccccn1. The highest BCUT2D eigenvalue weighted by Crippen LogP contribution is 2.05. The third-order valence-corrected chi connectivity index (χ3v) is 3.52. The van der Waals surface area contributed by atoms with Crippen LogP contribution in [-0.2, 0) is 13.1 Å². The molecule has 2 rings (SSSR count). The van der Waals surface area contributed by atoms with E-state index >= 15 is 0 Å². The first-order valence-corrected chi connectivity index (χ1v) is 8.16. The third-order valence-electron chi connectivity index (χ3n) is 3.52. The van der Waals surface area contributed by atoms with Crippen molar-refractivity contribution in [3.63, 3.8) is 0 Å². The summed E-state index contributed by atoms with van der Waals surface area (Å²) in [5.41, 5.74) is 5.67. The number of aromatic nitrogens is 2. The van der Waals surface area contributed by atoms with E-state index in [1.54, 1.807) is 0 Å². The van der Waals surface area contributed by atoms with Crippen LogP contribution in [0.1, 0.15) is 44.0 Å². The van der Waals surface area contributed by atoms with E-state index < -0.39 is 0 Å². The van der Waals surface area contributed by atoms with Crippen LogP contribution in [0.2, 0.25) is 0 Å². The summed E-state index contributed by atoms with van der Waals surface area (Å²) in [6.45, 7) is 4.80. The zero-order valence-corrected chi connectivity index (χ0v) is 13.4. The standard InChI is InChI=1S/C18H26N4/c1-2-3-4-7-14-21-22(15-17-10-5-8-12-19-17)16-18-11-6-9-13-20-18/h5-6,8-13,21H,2-4,7,14-16H2,1H3. The van der Waals surface area contributed by atoms with E-state index in [-0.39, 0.29) is 0 Å². The number of unbranched alkanes of at least 4 members (excludes halogenated alkanes) is 3. The normalized spacial score (nSPS) is 11.0. The zero-order valence-electron chi connectivity index (χ0n) is 13.4. The fourth-order valence-electron chi connectivity index (χ4n) is 2.33. The van der Waals surface area contributed by atoms with Crippen molar-refractivity contribution in [1.29, 1.82) is 0 Å². The van der Waals surface area contributed by atoms with Crippen molar-refractivity contribution in [2.45, 2.75) is 45.7 Å². The molecule has 4 heteroatoms. The summed E-state index contributed by atoms with van der Waals surface area (Å²) in [5, 5.41) is 2.20. The molecule has 22 heavy (non-hydrogen) atoms. The number of pyridine rings is 2. The summed E-state index contributed by atoms with van der Waals surface area (Å²) in [6.07, 6.45) is 8.75. The number of hydrogen-bond acceptors (Lipinski definition) is 4. The Hall–Kier alpha value is -1.78. The van der Waals surface area contributed by atoms with E-state index in [1.165, 1.54) is 25.7 Å². The van der Waals surface area contributed by atoms with Crippen LogP contribution in [0, 0.1) is 0 Å². The maximum Gasteiger partial charge on any atom is 0.0559 e. The minimum absolute atomic E-state index is 0.783. The predicted octanol–water partition coefficient (Wildman–Crippen LogP) is 3.56. The highest BCUT2D eigenvalue weighted by Gasteiger charge is 2.07. The summed E-state index contributed by atoms with van der Waals surface area (Å²) in [6, 6.07) is 12.1. The molecule has 0 aliphatic carbocycles. The van der Waals surface area contributed by atoms with Gasteiger partial charge >= 0.3 is 0 Å². The predicted molar refractivity (Wildman–Crippen MR) is 89.9 cm³/mol. The van der Waals surface area contributed by atoms with Crippen molar-refractivity contribution in [1.82, 2.24) is 20.4 Å². The Balaban J connectivity index is 1.88. The van der Waals surface area contributed by atoms with Crippen molar-refractivity contribution < 1.29 is 0 Å². The Kier molecular flexibility index (Phi) is 7.56. The first-order chi connectivity index (χ1) is 10.9. The molecule has 0 amide bonds. The molecule has 0 radical (unpaired) electrons. The summed E-state index contributed by atoms with van der Waals surface area (Å²) in [5.74, 6) is 0. The lowest BCUT2D eigenvalue weighted by Crippen LogP contribution is -2.38. The van der Waals surface area contributed by atoms with E-state index in [0.717, 1.165) is 31.0 Å². The zero-order chi connectivity index (χ0) is 15.5. The molecule has 2 aromatic heterocycles. The van der Waals surface area contributed by atoms with Gasteiger partial charge in [0, 0.05) is 18.9 Å². The van der Waals surface area contributed by atoms with Gasteiger partial charge in [-0.3, -0.25) is 15.4 Å². The van der Waals surface area contributed by atoms with E-state index in [2.05, 4.69) is 39.5 Å². The molecule has 2 aromatic rings. The molecule has 0 spiro atoms. The van der Waals surface area contributed by atoms with E-state index in [0.29, 0.717) is 0 Å². The van der Waals surface area contributed by atoms with Gasteiger partial charge < -0.3 is 0 Å². The number of nitrogens with one attached hydrogen (secondary N) is 1. The fraction of sp³-hybridized carbons (Fsp3) is 0.444. The highest BCUT2D eigenvalue weighted by atomic mass is 15.5. The molecule has 0 fully saturated rings. The second-order valence-corrected chi connectivity index (χ2v) is 5.47. The molecule has 0 bridgehead atoms. The monoisotopic (exact) mass is 298 g/mol. The Morgan fingerprint density at radius 2 is 1.50 bits per heavy atom. The Morgan fingerprint density at radius 3 is 2.00 bits per heavy atom. The summed E-state index contributed by atoms with van der Waals surface area (Å²) in [7, 11) is 0. The van der Waals surface area contributed by atoms with Crippen molar-refractivity contribution >= 4 is 0 Å². The van der Waals surface area contributed by atoms with Crippen molar-refractivity contribution in [3.05, 3.63) is 60.2 Å². The second kappa shape index (κ2) is 10.0. The van der Waals surface area contributed by atoms with E-state index in [4.69, 9.17) is 0 Å². The van der Waals surface area contributed by atoms with Crippen LogP contribution in [0.4, 0.5) is 0 Å². The third kappa shape index (κ3) is 6.33. The molecule has 0 saturated heterocycles. The number of hydrogen-bond donors (Lipinski definition) is 1. The van der Waals surface area contributed by atoms with Gasteiger partial charge in [0.1, 0.15) is 0 Å².